The number of likely N-dealkylation sites (N-methyl/N-ethyl adjacent to an activating group) is 1. The van der Waals surface area contributed by atoms with E-state index in [0.29, 0.717) is 6.61 Å². The predicted octanol–water partition coefficient (Wildman–Crippen LogP) is 3.83. The van der Waals surface area contributed by atoms with Crippen molar-refractivity contribution in [1.29, 1.82) is 0 Å². The van der Waals surface area contributed by atoms with Gasteiger partial charge in [0.05, 0.1) is 11.1 Å². The van der Waals surface area contributed by atoms with Gasteiger partial charge in [-0.05, 0) is 50.7 Å². The maximum Gasteiger partial charge on any atom is 0.416 e. The number of anilines is 1. The normalized spacial score (nSPS) is 17.7. The maximum absolute atomic E-state index is 13.2. The minimum Gasteiger partial charge on any atom is -0.492 e. The van der Waals surface area contributed by atoms with E-state index in [9.17, 15) is 18.0 Å². The molecule has 1 amide bonds. The van der Waals surface area contributed by atoms with Crippen LogP contribution in [0.3, 0.4) is 0 Å². The third-order valence-corrected chi connectivity index (χ3v) is 4.53. The number of amides is 1. The number of rotatable bonds is 5. The first-order valence-corrected chi connectivity index (χ1v) is 8.59. The van der Waals surface area contributed by atoms with Crippen molar-refractivity contribution < 1.29 is 22.7 Å². The molecular weight excluding hydrogens is 359 g/mol. The van der Waals surface area contributed by atoms with Crippen LogP contribution in [-0.2, 0) is 6.18 Å². The van der Waals surface area contributed by atoms with Gasteiger partial charge in [0, 0.05) is 30.2 Å². The number of carbonyl (C=O) groups is 1. The molecule has 2 heterocycles. The first-order chi connectivity index (χ1) is 12.8. The van der Waals surface area contributed by atoms with E-state index >= 15 is 0 Å². The van der Waals surface area contributed by atoms with Gasteiger partial charge >= 0.3 is 6.18 Å². The SMILES string of the molecule is CN1CCCC1COc1cc(NC(=O)c2cccnc2)cc(C(F)(F)F)c1. The van der Waals surface area contributed by atoms with Crippen LogP contribution in [0, 0.1) is 0 Å². The van der Waals surface area contributed by atoms with Crippen molar-refractivity contribution in [3.63, 3.8) is 0 Å². The second-order valence-corrected chi connectivity index (χ2v) is 6.53. The fourth-order valence-corrected chi connectivity index (χ4v) is 3.00. The van der Waals surface area contributed by atoms with Crippen molar-refractivity contribution in [2.45, 2.75) is 25.1 Å². The number of hydrogen-bond acceptors (Lipinski definition) is 4. The summed E-state index contributed by atoms with van der Waals surface area (Å²) in [6.45, 7) is 1.25. The van der Waals surface area contributed by atoms with E-state index < -0.39 is 17.6 Å². The molecule has 1 aliphatic rings. The first-order valence-electron chi connectivity index (χ1n) is 8.59. The predicted molar refractivity (Wildman–Crippen MR) is 94.8 cm³/mol. The van der Waals surface area contributed by atoms with Gasteiger partial charge in [0.25, 0.3) is 5.91 Å². The van der Waals surface area contributed by atoms with Gasteiger partial charge in [-0.25, -0.2) is 0 Å². The minimum absolute atomic E-state index is 0.0217. The Morgan fingerprint density at radius 1 is 1.37 bits per heavy atom. The number of pyridine rings is 1. The zero-order valence-corrected chi connectivity index (χ0v) is 14.8. The molecule has 1 aromatic carbocycles. The molecule has 0 radical (unpaired) electrons. The smallest absolute Gasteiger partial charge is 0.416 e. The van der Waals surface area contributed by atoms with Crippen molar-refractivity contribution in [1.82, 2.24) is 9.88 Å². The van der Waals surface area contributed by atoms with Crippen molar-refractivity contribution >= 4 is 11.6 Å². The third-order valence-electron chi connectivity index (χ3n) is 4.53. The zero-order valence-electron chi connectivity index (χ0n) is 14.8. The molecule has 5 nitrogen and oxygen atoms in total. The van der Waals surface area contributed by atoms with Gasteiger partial charge in [0.2, 0.25) is 0 Å². The highest BCUT2D eigenvalue weighted by atomic mass is 19.4. The molecule has 1 unspecified atom stereocenters. The Morgan fingerprint density at radius 3 is 2.81 bits per heavy atom. The molecule has 0 aliphatic carbocycles. The number of ether oxygens (including phenoxy) is 1. The molecule has 3 rings (SSSR count). The number of benzene rings is 1. The van der Waals surface area contributed by atoms with Crippen LogP contribution in [0.5, 0.6) is 5.75 Å². The number of nitrogens with one attached hydrogen (secondary N) is 1. The van der Waals surface area contributed by atoms with Gasteiger partial charge < -0.3 is 15.0 Å². The molecule has 0 saturated carbocycles. The van der Waals surface area contributed by atoms with Crippen LogP contribution in [0.25, 0.3) is 0 Å². The number of halogens is 3. The van der Waals surface area contributed by atoms with Gasteiger partial charge in [0.1, 0.15) is 12.4 Å². The zero-order chi connectivity index (χ0) is 19.4. The number of carbonyl (C=O) groups excluding carboxylic acids is 1. The van der Waals surface area contributed by atoms with E-state index in [2.05, 4.69) is 15.2 Å². The molecule has 0 spiro atoms. The number of nitrogens with zero attached hydrogens (tertiary/aromatic N) is 2. The highest BCUT2D eigenvalue weighted by Crippen LogP contribution is 2.34. The van der Waals surface area contributed by atoms with E-state index in [1.165, 1.54) is 24.5 Å². The monoisotopic (exact) mass is 379 g/mol. The Kier molecular flexibility index (Phi) is 5.65. The van der Waals surface area contributed by atoms with E-state index in [1.807, 2.05) is 7.05 Å². The lowest BCUT2D eigenvalue weighted by Crippen LogP contribution is -2.30. The van der Waals surface area contributed by atoms with Crippen molar-refractivity contribution in [2.75, 3.05) is 25.5 Å². The van der Waals surface area contributed by atoms with Crippen LogP contribution in [0.4, 0.5) is 18.9 Å². The van der Waals surface area contributed by atoms with E-state index in [4.69, 9.17) is 4.74 Å². The summed E-state index contributed by atoms with van der Waals surface area (Å²) in [7, 11) is 1.96. The minimum atomic E-state index is -4.54. The molecule has 144 valence electrons. The van der Waals surface area contributed by atoms with Crippen LogP contribution in [0.15, 0.2) is 42.7 Å². The first kappa shape index (κ1) is 19.2. The molecule has 1 N–H and O–H groups in total. The molecule has 0 bridgehead atoms. The second-order valence-electron chi connectivity index (χ2n) is 6.53. The Hall–Kier alpha value is -2.61. The largest absolute Gasteiger partial charge is 0.492 e. The molecule has 1 fully saturated rings. The summed E-state index contributed by atoms with van der Waals surface area (Å²) >= 11 is 0. The van der Waals surface area contributed by atoms with E-state index in [-0.39, 0.29) is 23.0 Å². The Morgan fingerprint density at radius 2 is 2.19 bits per heavy atom. The second kappa shape index (κ2) is 7.96. The summed E-state index contributed by atoms with van der Waals surface area (Å²) in [5.74, 6) is -0.462. The average molecular weight is 379 g/mol. The number of hydrogen-bond donors (Lipinski definition) is 1. The van der Waals surface area contributed by atoms with Crippen LogP contribution in [-0.4, -0.2) is 42.0 Å². The summed E-state index contributed by atoms with van der Waals surface area (Å²) in [5, 5.41) is 2.48. The van der Waals surface area contributed by atoms with Gasteiger partial charge in [-0.15, -0.1) is 0 Å². The van der Waals surface area contributed by atoms with E-state index in [1.54, 1.807) is 6.07 Å². The number of aromatic nitrogens is 1. The summed E-state index contributed by atoms with van der Waals surface area (Å²) in [4.78, 5) is 18.2. The third kappa shape index (κ3) is 4.97. The fraction of sp³-hybridized carbons (Fsp3) is 0.368. The van der Waals surface area contributed by atoms with Crippen LogP contribution >= 0.6 is 0 Å². The van der Waals surface area contributed by atoms with Gasteiger partial charge in [-0.1, -0.05) is 0 Å². The van der Waals surface area contributed by atoms with Crippen molar-refractivity contribution in [3.05, 3.63) is 53.9 Å². The lowest BCUT2D eigenvalue weighted by atomic mass is 10.1. The lowest BCUT2D eigenvalue weighted by Gasteiger charge is -2.20. The highest BCUT2D eigenvalue weighted by Gasteiger charge is 2.32. The molecule has 1 saturated heterocycles. The fourth-order valence-electron chi connectivity index (χ4n) is 3.00. The number of alkyl halides is 3. The Balaban J connectivity index is 1.79. The van der Waals surface area contributed by atoms with E-state index in [0.717, 1.165) is 31.5 Å². The van der Waals surface area contributed by atoms with Crippen LogP contribution in [0.2, 0.25) is 0 Å². The molecular formula is C19H20F3N3O2. The summed E-state index contributed by atoms with van der Waals surface area (Å²) < 4.78 is 45.3. The number of likely N-dealkylation sites (tertiary alicyclic amines) is 1. The molecule has 1 aromatic heterocycles. The molecule has 27 heavy (non-hydrogen) atoms. The molecule has 1 aliphatic heterocycles. The summed E-state index contributed by atoms with van der Waals surface area (Å²) in [6, 6.07) is 6.53. The topological polar surface area (TPSA) is 54.5 Å². The molecule has 1 atom stereocenters. The standard InChI is InChI=1S/C19H20F3N3O2/c1-25-7-3-5-16(25)12-27-17-9-14(19(20,21)22)8-15(10-17)24-18(26)13-4-2-6-23-11-13/h2,4,6,8-11,16H,3,5,7,12H2,1H3,(H,24,26). The quantitative estimate of drug-likeness (QED) is 0.858. The van der Waals surface area contributed by atoms with Gasteiger partial charge in [0.15, 0.2) is 0 Å². The van der Waals surface area contributed by atoms with Crippen LogP contribution in [0.1, 0.15) is 28.8 Å². The Bertz CT molecular complexity index is 797. The summed E-state index contributed by atoms with van der Waals surface area (Å²) in [6.07, 6.45) is 0.292. The van der Waals surface area contributed by atoms with Crippen molar-refractivity contribution in [3.8, 4) is 5.75 Å². The lowest BCUT2D eigenvalue weighted by molar-refractivity contribution is -0.137. The maximum atomic E-state index is 13.2. The van der Waals surface area contributed by atoms with Crippen LogP contribution < -0.4 is 10.1 Å². The molecule has 2 aromatic rings. The van der Waals surface area contributed by atoms with Gasteiger partial charge in [-0.3, -0.25) is 9.78 Å². The average Bonchev–Trinajstić information content (AvgIpc) is 3.05. The Labute approximate surface area is 155 Å². The highest BCUT2D eigenvalue weighted by molar-refractivity contribution is 6.04. The molecule has 8 heteroatoms. The van der Waals surface area contributed by atoms with Gasteiger partial charge in [-0.2, -0.15) is 13.2 Å². The summed E-state index contributed by atoms with van der Waals surface area (Å²) in [5.41, 5.74) is -0.598. The van der Waals surface area contributed by atoms with Crippen molar-refractivity contribution in [2.24, 2.45) is 0 Å².